The molecule has 130 valence electrons. The van der Waals surface area contributed by atoms with E-state index in [1.807, 2.05) is 68.7 Å². The molecule has 0 radical (unpaired) electrons. The minimum Gasteiger partial charge on any atom is -0.378 e. The number of carbonyl (C=O) groups excluding carboxylic acids is 1. The summed E-state index contributed by atoms with van der Waals surface area (Å²) < 4.78 is 0. The lowest BCUT2D eigenvalue weighted by molar-refractivity contribution is -0.136. The van der Waals surface area contributed by atoms with Crippen LogP contribution in [0.5, 0.6) is 0 Å². The predicted molar refractivity (Wildman–Crippen MR) is 106 cm³/mol. The average molecular weight is 344 g/mol. The van der Waals surface area contributed by atoms with Crippen LogP contribution < -0.4 is 4.90 Å². The lowest BCUT2D eigenvalue weighted by atomic mass is 10.0. The van der Waals surface area contributed by atoms with Gasteiger partial charge in [0.05, 0.1) is 5.57 Å². The third-order valence-electron chi connectivity index (χ3n) is 3.93. The molecule has 4 nitrogen and oxygen atoms in total. The first-order chi connectivity index (χ1) is 12.6. The maximum absolute atomic E-state index is 11.9. The zero-order valence-electron chi connectivity index (χ0n) is 14.8. The number of anilines is 1. The molecule has 0 saturated heterocycles. The van der Waals surface area contributed by atoms with Crippen molar-refractivity contribution in [2.24, 2.45) is 5.16 Å². The van der Waals surface area contributed by atoms with E-state index in [1.165, 1.54) is 0 Å². The average Bonchev–Trinajstić information content (AvgIpc) is 3.03. The van der Waals surface area contributed by atoms with Gasteiger partial charge in [-0.05, 0) is 23.8 Å². The molecule has 0 amide bonds. The van der Waals surface area contributed by atoms with Crippen molar-refractivity contribution in [3.05, 3.63) is 95.6 Å². The van der Waals surface area contributed by atoms with Crippen LogP contribution >= 0.6 is 0 Å². The Hall–Kier alpha value is -3.40. The van der Waals surface area contributed by atoms with Crippen LogP contribution in [0.3, 0.4) is 0 Å². The standard InChI is InChI=1S/C22H20N2O2/c1-24(2)19-15-13-17(14-16-19)9-5-3-8-12-20-21(23-26-22(20)25)18-10-6-4-7-11-18/h3-16H,1-2H3/b8-3+,9-5+,20-12-. The number of nitrogens with zero attached hydrogens (tertiary/aromatic N) is 2. The van der Waals surface area contributed by atoms with Gasteiger partial charge < -0.3 is 9.74 Å². The highest BCUT2D eigenvalue weighted by Crippen LogP contribution is 2.18. The van der Waals surface area contributed by atoms with E-state index in [0.717, 1.165) is 16.8 Å². The highest BCUT2D eigenvalue weighted by atomic mass is 16.7. The summed E-state index contributed by atoms with van der Waals surface area (Å²) in [5.41, 5.74) is 4.14. The van der Waals surface area contributed by atoms with Gasteiger partial charge in [-0.2, -0.15) is 0 Å². The Morgan fingerprint density at radius 1 is 0.923 bits per heavy atom. The summed E-state index contributed by atoms with van der Waals surface area (Å²) in [6.07, 6.45) is 9.35. The summed E-state index contributed by atoms with van der Waals surface area (Å²) in [5, 5.41) is 3.88. The third-order valence-corrected chi connectivity index (χ3v) is 3.93. The largest absolute Gasteiger partial charge is 0.378 e. The van der Waals surface area contributed by atoms with Crippen LogP contribution in [0.25, 0.3) is 6.08 Å². The Morgan fingerprint density at radius 2 is 1.65 bits per heavy atom. The Balaban J connectivity index is 1.68. The molecular formula is C22H20N2O2. The van der Waals surface area contributed by atoms with Crippen molar-refractivity contribution < 1.29 is 9.63 Å². The summed E-state index contributed by atoms with van der Waals surface area (Å²) in [7, 11) is 4.03. The molecule has 2 aromatic rings. The van der Waals surface area contributed by atoms with Crippen molar-refractivity contribution in [3.63, 3.8) is 0 Å². The Kier molecular flexibility index (Phi) is 5.44. The second-order valence-electron chi connectivity index (χ2n) is 5.99. The molecule has 0 saturated carbocycles. The van der Waals surface area contributed by atoms with Gasteiger partial charge in [-0.15, -0.1) is 0 Å². The van der Waals surface area contributed by atoms with Gasteiger partial charge in [-0.25, -0.2) is 4.79 Å². The van der Waals surface area contributed by atoms with Gasteiger partial charge in [0.2, 0.25) is 0 Å². The minimum atomic E-state index is -0.434. The molecule has 0 N–H and O–H groups in total. The van der Waals surface area contributed by atoms with E-state index < -0.39 is 5.97 Å². The van der Waals surface area contributed by atoms with Gasteiger partial charge in [0.25, 0.3) is 0 Å². The van der Waals surface area contributed by atoms with Gasteiger partial charge in [-0.3, -0.25) is 0 Å². The molecule has 26 heavy (non-hydrogen) atoms. The highest BCUT2D eigenvalue weighted by Gasteiger charge is 2.25. The first kappa shape index (κ1) is 17.4. The molecule has 1 heterocycles. The molecule has 1 aliphatic heterocycles. The fraction of sp³-hybridized carbons (Fsp3) is 0.0909. The zero-order valence-corrected chi connectivity index (χ0v) is 14.8. The van der Waals surface area contributed by atoms with Crippen LogP contribution in [-0.4, -0.2) is 25.8 Å². The Morgan fingerprint density at radius 3 is 2.35 bits per heavy atom. The zero-order chi connectivity index (χ0) is 18.4. The van der Waals surface area contributed by atoms with Crippen molar-refractivity contribution in [3.8, 4) is 0 Å². The summed E-state index contributed by atoms with van der Waals surface area (Å²) in [4.78, 5) is 18.7. The number of hydrogen-bond acceptors (Lipinski definition) is 4. The molecular weight excluding hydrogens is 324 g/mol. The molecule has 0 bridgehead atoms. The molecule has 0 aromatic heterocycles. The fourth-order valence-corrected chi connectivity index (χ4v) is 2.50. The molecule has 0 aliphatic carbocycles. The quantitative estimate of drug-likeness (QED) is 0.463. The van der Waals surface area contributed by atoms with Crippen LogP contribution in [0, 0.1) is 0 Å². The van der Waals surface area contributed by atoms with Crippen LogP contribution in [0.2, 0.25) is 0 Å². The Labute approximate surface area is 153 Å². The lowest BCUT2D eigenvalue weighted by Gasteiger charge is -2.11. The van der Waals surface area contributed by atoms with E-state index in [4.69, 9.17) is 4.84 Å². The SMILES string of the molecule is CN(C)c1ccc(/C=C/C=C/C=C2\C(=O)ON=C2c2ccccc2)cc1. The van der Waals surface area contributed by atoms with Crippen molar-refractivity contribution in [1.29, 1.82) is 0 Å². The van der Waals surface area contributed by atoms with E-state index >= 15 is 0 Å². The van der Waals surface area contributed by atoms with E-state index in [0.29, 0.717) is 11.3 Å². The third kappa shape index (κ3) is 4.16. The molecule has 2 aromatic carbocycles. The van der Waals surface area contributed by atoms with Crippen molar-refractivity contribution in [2.75, 3.05) is 19.0 Å². The van der Waals surface area contributed by atoms with Gasteiger partial charge in [0, 0.05) is 25.3 Å². The maximum atomic E-state index is 11.9. The van der Waals surface area contributed by atoms with E-state index in [2.05, 4.69) is 34.3 Å². The molecule has 0 fully saturated rings. The summed E-state index contributed by atoms with van der Waals surface area (Å²) >= 11 is 0. The predicted octanol–water partition coefficient (Wildman–Crippen LogP) is 4.21. The second-order valence-corrected chi connectivity index (χ2v) is 5.99. The summed E-state index contributed by atoms with van der Waals surface area (Å²) in [5.74, 6) is -0.434. The fourth-order valence-electron chi connectivity index (χ4n) is 2.50. The molecule has 3 rings (SSSR count). The van der Waals surface area contributed by atoms with Crippen LogP contribution in [0.15, 0.2) is 89.6 Å². The number of hydrogen-bond donors (Lipinski definition) is 0. The summed E-state index contributed by atoms with van der Waals surface area (Å²) in [6.45, 7) is 0. The lowest BCUT2D eigenvalue weighted by Crippen LogP contribution is -2.07. The smallest absolute Gasteiger partial charge is 0.368 e. The molecule has 0 unspecified atom stereocenters. The molecule has 4 heteroatoms. The van der Waals surface area contributed by atoms with Gasteiger partial charge in [0.15, 0.2) is 0 Å². The highest BCUT2D eigenvalue weighted by molar-refractivity contribution is 6.28. The Bertz CT molecular complexity index is 889. The van der Waals surface area contributed by atoms with Crippen LogP contribution in [0.1, 0.15) is 11.1 Å². The second kappa shape index (κ2) is 8.12. The number of allylic oxidation sites excluding steroid dienone is 4. The number of benzene rings is 2. The van der Waals surface area contributed by atoms with E-state index in [1.54, 1.807) is 6.08 Å². The monoisotopic (exact) mass is 344 g/mol. The van der Waals surface area contributed by atoms with E-state index in [-0.39, 0.29) is 0 Å². The van der Waals surface area contributed by atoms with Gasteiger partial charge in [0.1, 0.15) is 5.71 Å². The molecule has 0 spiro atoms. The number of rotatable bonds is 5. The van der Waals surface area contributed by atoms with E-state index in [9.17, 15) is 4.79 Å². The van der Waals surface area contributed by atoms with Crippen molar-refractivity contribution >= 4 is 23.4 Å². The van der Waals surface area contributed by atoms with Crippen molar-refractivity contribution in [1.82, 2.24) is 0 Å². The number of oxime groups is 1. The topological polar surface area (TPSA) is 41.9 Å². The van der Waals surface area contributed by atoms with Crippen LogP contribution in [0.4, 0.5) is 5.69 Å². The van der Waals surface area contributed by atoms with Gasteiger partial charge >= 0.3 is 5.97 Å². The first-order valence-electron chi connectivity index (χ1n) is 8.33. The van der Waals surface area contributed by atoms with Gasteiger partial charge in [-0.1, -0.05) is 71.9 Å². The number of carbonyl (C=O) groups is 1. The summed E-state index contributed by atoms with van der Waals surface area (Å²) in [6, 6.07) is 17.8. The van der Waals surface area contributed by atoms with Crippen molar-refractivity contribution in [2.45, 2.75) is 0 Å². The maximum Gasteiger partial charge on any atom is 0.368 e. The van der Waals surface area contributed by atoms with Crippen LogP contribution in [-0.2, 0) is 9.63 Å². The normalized spacial score (nSPS) is 15.7. The first-order valence-corrected chi connectivity index (χ1v) is 8.33. The molecule has 0 atom stereocenters. The molecule has 1 aliphatic rings. The minimum absolute atomic E-state index is 0.434.